The van der Waals surface area contributed by atoms with Crippen LogP contribution in [0.2, 0.25) is 0 Å². The molecule has 472 valence electrons. The second-order valence-corrected chi connectivity index (χ2v) is 13.2. The molecule has 86 heavy (non-hydrogen) atoms. The summed E-state index contributed by atoms with van der Waals surface area (Å²) in [5, 5.41) is 102. The number of aliphatic hydroxyl groups excluding tert-OH is 2. The minimum absolute atomic E-state index is 0. The van der Waals surface area contributed by atoms with Gasteiger partial charge in [-0.2, -0.15) is 0 Å². The van der Waals surface area contributed by atoms with E-state index in [-0.39, 0.29) is 98.8 Å². The third-order valence-corrected chi connectivity index (χ3v) is 7.73. The Balaban J connectivity index is -0.000000256. The molecule has 6 aromatic heterocycles. The molecule has 0 aliphatic carbocycles. The average Bonchev–Trinajstić information content (AvgIpc) is 4.29. The first-order valence-electron chi connectivity index (χ1n) is 22.3. The largest absolute Gasteiger partial charge is 3.00 e. The number of rotatable bonds is 24. The summed E-state index contributed by atoms with van der Waals surface area (Å²) in [6, 6.07) is 0. The Morgan fingerprint density at radius 1 is 0.326 bits per heavy atom. The summed E-state index contributed by atoms with van der Waals surface area (Å²) in [7, 11) is 2.00. The number of aliphatic imine (C=N–C) groups is 6. The zero-order valence-corrected chi connectivity index (χ0v) is 49.7. The van der Waals surface area contributed by atoms with Crippen molar-refractivity contribution in [2.45, 2.75) is 0 Å². The summed E-state index contributed by atoms with van der Waals surface area (Å²) in [6.45, 7) is 9.14. The quantitative estimate of drug-likeness (QED) is 0.0213. The van der Waals surface area contributed by atoms with Gasteiger partial charge in [-0.25, -0.2) is 29.9 Å². The summed E-state index contributed by atoms with van der Waals surface area (Å²) in [6.07, 6.45) is 31.4. The van der Waals surface area contributed by atoms with E-state index >= 15 is 0 Å². The maximum atomic E-state index is 8.25. The third kappa shape index (κ3) is 73.5. The summed E-state index contributed by atoms with van der Waals surface area (Å²) < 4.78 is 0. The number of aromatic amines is 6. The fourth-order valence-electron chi connectivity index (χ4n) is 4.87. The van der Waals surface area contributed by atoms with Crippen molar-refractivity contribution < 1.29 is 139 Å². The number of hydrogen-bond acceptors (Lipinski definition) is 34. The third-order valence-electron chi connectivity index (χ3n) is 7.73. The first kappa shape index (κ1) is 88.7. The number of nitrogens with one attached hydrogen (secondary N) is 6. The van der Waals surface area contributed by atoms with Gasteiger partial charge < -0.3 is 132 Å². The van der Waals surface area contributed by atoms with Gasteiger partial charge in [0, 0.05) is 128 Å². The van der Waals surface area contributed by atoms with Gasteiger partial charge in [0.2, 0.25) is 0 Å². The van der Waals surface area contributed by atoms with E-state index in [2.05, 4.69) is 99.6 Å². The molecule has 0 saturated heterocycles. The van der Waals surface area contributed by atoms with E-state index in [0.717, 1.165) is 87.7 Å². The first-order valence-corrected chi connectivity index (χ1v) is 22.3. The second-order valence-electron chi connectivity index (χ2n) is 13.2. The fourth-order valence-corrected chi connectivity index (χ4v) is 4.87. The molecule has 6 aromatic rings. The average molecular weight is 1500 g/mol. The molecule has 0 spiro atoms. The number of aliphatic hydroxyl groups is 2. The summed E-state index contributed by atoms with van der Waals surface area (Å²) >= 11 is 0. The van der Waals surface area contributed by atoms with Crippen LogP contribution in [-0.4, -0.2) is 240 Å². The topological polar surface area (TPSA) is 690 Å². The minimum atomic E-state index is -1.75. The van der Waals surface area contributed by atoms with Crippen LogP contribution in [0.1, 0.15) is 34.2 Å². The van der Waals surface area contributed by atoms with Gasteiger partial charge in [-0.15, -0.1) is 0 Å². The molecule has 0 fully saturated rings. The SMILES string of the molecule is C(=NCCN(CCN=Cc1c[nH]cn1)CCN=Cc1c[nH]cn1)c1c[nH]cn1.C(=NCCN(CCN=Cc1c[nH]cn1)CCN=Cc1c[nH]cn1)c1c[nH]cn1.CO.CO.O=[N+]([O-])[O-].O=[N+]([O-])[O-].O=[N+]([O-])[O-].O=[N+]([O-])[O-].O=[N+]([O-])[O-].O=[N+]([O-])[O-].[Eu+3].[Eu+3]. The van der Waals surface area contributed by atoms with Crippen molar-refractivity contribution in [1.82, 2.24) is 69.6 Å². The van der Waals surface area contributed by atoms with Crippen LogP contribution < -0.4 is 0 Å². The Kier molecular flexibility index (Phi) is 67.7. The van der Waals surface area contributed by atoms with Crippen molar-refractivity contribution in [2.75, 3.05) is 92.8 Å². The van der Waals surface area contributed by atoms with Gasteiger partial charge in [0.25, 0.3) is 0 Å². The molecule has 0 aliphatic rings. The Hall–Kier alpha value is -8.51. The smallest absolute Gasteiger partial charge is 0.400 e. The van der Waals surface area contributed by atoms with Gasteiger partial charge in [0.15, 0.2) is 0 Å². The molecule has 48 heteroatoms. The van der Waals surface area contributed by atoms with Crippen molar-refractivity contribution in [2.24, 2.45) is 30.0 Å². The molecule has 0 amide bonds. The molecule has 6 heterocycles. The van der Waals surface area contributed by atoms with E-state index in [4.69, 9.17) is 102 Å². The molecule has 0 bridgehead atoms. The van der Waals surface area contributed by atoms with Gasteiger partial charge in [-0.05, 0) is 0 Å². The molecule has 46 nitrogen and oxygen atoms in total. The van der Waals surface area contributed by atoms with Crippen LogP contribution in [0, 0.1) is 191 Å². The zero-order valence-electron chi connectivity index (χ0n) is 44.8. The fraction of sp³-hybridized carbons (Fsp3) is 0.368. The van der Waals surface area contributed by atoms with Crippen LogP contribution in [0.5, 0.6) is 0 Å². The molecule has 0 unspecified atom stereocenters. The van der Waals surface area contributed by atoms with Crippen molar-refractivity contribution in [1.29, 1.82) is 0 Å². The number of aromatic nitrogens is 12. The Morgan fingerprint density at radius 3 is 0.535 bits per heavy atom. The predicted octanol–water partition coefficient (Wildman–Crippen LogP) is -0.588. The van der Waals surface area contributed by atoms with Gasteiger partial charge in [0.05, 0.1) is 142 Å². The van der Waals surface area contributed by atoms with Crippen LogP contribution in [0.15, 0.2) is 105 Å². The van der Waals surface area contributed by atoms with Crippen LogP contribution in [-0.2, 0) is 0 Å². The molecule has 0 saturated carbocycles. The molecule has 0 radical (unpaired) electrons. The first-order chi connectivity index (χ1) is 40.2. The van der Waals surface area contributed by atoms with E-state index in [1.54, 1.807) is 75.3 Å². The maximum absolute atomic E-state index is 8.25. The monoisotopic (exact) mass is 1500 g/mol. The van der Waals surface area contributed by atoms with Crippen LogP contribution >= 0.6 is 0 Å². The van der Waals surface area contributed by atoms with Crippen molar-refractivity contribution in [3.8, 4) is 0 Å². The van der Waals surface area contributed by atoms with Crippen molar-refractivity contribution in [3.05, 3.63) is 201 Å². The van der Waals surface area contributed by atoms with E-state index in [9.17, 15) is 0 Å². The van der Waals surface area contributed by atoms with E-state index in [0.29, 0.717) is 39.3 Å². The molecular formula is C38H56Eu2N26O20. The molecule has 0 aliphatic heterocycles. The van der Waals surface area contributed by atoms with Crippen LogP contribution in [0.25, 0.3) is 0 Å². The normalized spacial score (nSPS) is 9.84. The molecule has 0 atom stereocenters. The van der Waals surface area contributed by atoms with E-state index in [1.807, 2.05) is 37.2 Å². The minimum Gasteiger partial charge on any atom is -0.400 e. The number of hydrogen-bond donors (Lipinski definition) is 8. The van der Waals surface area contributed by atoms with Gasteiger partial charge >= 0.3 is 98.8 Å². The van der Waals surface area contributed by atoms with Crippen LogP contribution in [0.3, 0.4) is 0 Å². The second kappa shape index (κ2) is 65.6. The summed E-state index contributed by atoms with van der Waals surface area (Å²) in [4.78, 5) is 123. The molecular weight excluding hydrogens is 1440 g/mol. The molecule has 8 N–H and O–H groups in total. The summed E-state index contributed by atoms with van der Waals surface area (Å²) in [5.41, 5.74) is 4.99. The summed E-state index contributed by atoms with van der Waals surface area (Å²) in [5.74, 6) is 0. The van der Waals surface area contributed by atoms with E-state index in [1.165, 1.54) is 0 Å². The number of imidazole rings is 6. The Morgan fingerprint density at radius 2 is 0.442 bits per heavy atom. The molecule has 0 aromatic carbocycles. The maximum Gasteiger partial charge on any atom is 3.00 e. The molecule has 6 rings (SSSR count). The number of H-pyrrole nitrogens is 6. The van der Waals surface area contributed by atoms with Gasteiger partial charge in [-0.3, -0.25) is 39.8 Å². The van der Waals surface area contributed by atoms with Crippen molar-refractivity contribution >= 4 is 37.3 Å². The van der Waals surface area contributed by atoms with Crippen molar-refractivity contribution in [3.63, 3.8) is 0 Å². The van der Waals surface area contributed by atoms with Crippen LogP contribution in [0.4, 0.5) is 0 Å². The van der Waals surface area contributed by atoms with Gasteiger partial charge in [0.1, 0.15) is 0 Å². The number of nitrogens with zero attached hydrogens (tertiary/aromatic N) is 20. The predicted molar refractivity (Wildman–Crippen MR) is 298 cm³/mol. The van der Waals surface area contributed by atoms with E-state index < -0.39 is 30.5 Å². The standard InChI is InChI=1S/2C18H24N10.2CH4O.2Eu.6NO3/c2*1(19-7-16-10-22-13-25-16)4-28(5-2-20-8-17-11-23-14-26-17)6-3-21-9-18-12-24-15-27-18;2*1-2;;;6*2-1(3)4/h2*7-15H,1-6H2,(H,22,25)(H,23,26)(H,24,27);2*2H,1H3;;;;;;;;/q;;;;2*+3;6*-1. The Labute approximate surface area is 565 Å². The Bertz CT molecular complexity index is 2160. The van der Waals surface area contributed by atoms with Gasteiger partial charge in [-0.1, -0.05) is 0 Å². The zero-order chi connectivity index (χ0) is 64.0.